The van der Waals surface area contributed by atoms with Crippen LogP contribution in [0.4, 0.5) is 19.1 Å². The lowest BCUT2D eigenvalue weighted by Crippen LogP contribution is -2.35. The molecule has 2 heterocycles. The maximum Gasteiger partial charge on any atom is 0.433 e. The molecule has 1 unspecified atom stereocenters. The summed E-state index contributed by atoms with van der Waals surface area (Å²) in [5.74, 6) is -0.192. The molecule has 0 saturated carbocycles. The van der Waals surface area contributed by atoms with Crippen molar-refractivity contribution >= 4 is 11.9 Å². The van der Waals surface area contributed by atoms with E-state index in [1.54, 1.807) is 0 Å². The average molecular weight is 303 g/mol. The molecule has 3 N–H and O–H groups in total. The van der Waals surface area contributed by atoms with Crippen molar-refractivity contribution in [1.29, 1.82) is 0 Å². The first-order valence-corrected chi connectivity index (χ1v) is 6.59. The van der Waals surface area contributed by atoms with Gasteiger partial charge in [0.25, 0.3) is 0 Å². The number of nitrogens with one attached hydrogen (secondary N) is 3. The van der Waals surface area contributed by atoms with Gasteiger partial charge in [-0.15, -0.1) is 0 Å². The molecule has 1 aliphatic rings. The van der Waals surface area contributed by atoms with Crippen LogP contribution in [0.2, 0.25) is 0 Å². The minimum atomic E-state index is -4.50. The topological polar surface area (TPSA) is 78.9 Å². The van der Waals surface area contributed by atoms with E-state index in [-0.39, 0.29) is 24.3 Å². The molecule has 6 nitrogen and oxygen atoms in total. The fourth-order valence-corrected chi connectivity index (χ4v) is 1.98. The fourth-order valence-electron chi connectivity index (χ4n) is 1.98. The van der Waals surface area contributed by atoms with Crippen molar-refractivity contribution in [3.63, 3.8) is 0 Å². The summed E-state index contributed by atoms with van der Waals surface area (Å²) in [6.07, 6.45) is -2.65. The second-order valence-corrected chi connectivity index (χ2v) is 4.67. The number of amides is 1. The van der Waals surface area contributed by atoms with Gasteiger partial charge < -0.3 is 16.0 Å². The average Bonchev–Trinajstić information content (AvgIpc) is 2.97. The predicted octanol–water partition coefficient (Wildman–Crippen LogP) is 0.633. The van der Waals surface area contributed by atoms with Gasteiger partial charge in [0.1, 0.15) is 5.69 Å². The van der Waals surface area contributed by atoms with Gasteiger partial charge in [-0.25, -0.2) is 9.97 Å². The minimum absolute atomic E-state index is 0.0326. The molecule has 9 heteroatoms. The SMILES string of the molecule is O=C(NCCNc1nccc(C(F)(F)F)n1)C1CCNC1. The van der Waals surface area contributed by atoms with E-state index in [0.29, 0.717) is 13.1 Å². The van der Waals surface area contributed by atoms with Crippen molar-refractivity contribution in [1.82, 2.24) is 20.6 Å². The van der Waals surface area contributed by atoms with Gasteiger partial charge in [-0.1, -0.05) is 0 Å². The highest BCUT2D eigenvalue weighted by atomic mass is 19.4. The molecule has 21 heavy (non-hydrogen) atoms. The molecular formula is C12H16F3N5O. The van der Waals surface area contributed by atoms with Crippen LogP contribution in [0, 0.1) is 5.92 Å². The number of hydrogen-bond donors (Lipinski definition) is 3. The highest BCUT2D eigenvalue weighted by Crippen LogP contribution is 2.27. The maximum atomic E-state index is 12.5. The Morgan fingerprint density at radius 2 is 2.24 bits per heavy atom. The Balaban J connectivity index is 1.74. The lowest BCUT2D eigenvalue weighted by atomic mass is 10.1. The number of carbonyl (C=O) groups excluding carboxylic acids is 1. The van der Waals surface area contributed by atoms with E-state index in [1.165, 1.54) is 0 Å². The van der Waals surface area contributed by atoms with E-state index in [1.807, 2.05) is 0 Å². The lowest BCUT2D eigenvalue weighted by molar-refractivity contribution is -0.141. The molecule has 116 valence electrons. The molecule has 1 atom stereocenters. The second-order valence-electron chi connectivity index (χ2n) is 4.67. The number of alkyl halides is 3. The molecule has 0 radical (unpaired) electrons. The second kappa shape index (κ2) is 6.70. The normalized spacial score (nSPS) is 18.5. The Hall–Kier alpha value is -1.90. The van der Waals surface area contributed by atoms with E-state index < -0.39 is 11.9 Å². The van der Waals surface area contributed by atoms with Gasteiger partial charge in [0.2, 0.25) is 11.9 Å². The standard InChI is InChI=1S/C12H16F3N5O/c13-12(14,15)9-2-4-18-11(20-9)19-6-5-17-10(21)8-1-3-16-7-8/h2,4,8,16H,1,3,5-7H2,(H,17,21)(H,18,19,20). The first-order chi connectivity index (χ1) is 9.97. The quantitative estimate of drug-likeness (QED) is 0.696. The Bertz CT molecular complexity index is 488. The van der Waals surface area contributed by atoms with Crippen LogP contribution in [0.25, 0.3) is 0 Å². The van der Waals surface area contributed by atoms with Crippen molar-refractivity contribution in [3.8, 4) is 0 Å². The van der Waals surface area contributed by atoms with Gasteiger partial charge in [-0.2, -0.15) is 13.2 Å². The third kappa shape index (κ3) is 4.55. The van der Waals surface area contributed by atoms with Gasteiger partial charge in [-0.3, -0.25) is 4.79 Å². The third-order valence-electron chi connectivity index (χ3n) is 3.08. The number of carbonyl (C=O) groups is 1. The largest absolute Gasteiger partial charge is 0.433 e. The first-order valence-electron chi connectivity index (χ1n) is 6.59. The highest BCUT2D eigenvalue weighted by Gasteiger charge is 2.32. The summed E-state index contributed by atoms with van der Waals surface area (Å²) in [7, 11) is 0. The Morgan fingerprint density at radius 3 is 2.90 bits per heavy atom. The predicted molar refractivity (Wildman–Crippen MR) is 69.5 cm³/mol. The van der Waals surface area contributed by atoms with Crippen LogP contribution in [-0.2, 0) is 11.0 Å². The minimum Gasteiger partial charge on any atom is -0.354 e. The van der Waals surface area contributed by atoms with Crippen LogP contribution in [0.3, 0.4) is 0 Å². The van der Waals surface area contributed by atoms with Crippen LogP contribution < -0.4 is 16.0 Å². The van der Waals surface area contributed by atoms with Gasteiger partial charge in [0.05, 0.1) is 5.92 Å². The summed E-state index contributed by atoms with van der Waals surface area (Å²) in [6.45, 7) is 2.05. The summed E-state index contributed by atoms with van der Waals surface area (Å²) in [5, 5.41) is 8.46. The Labute approximate surface area is 119 Å². The smallest absolute Gasteiger partial charge is 0.354 e. The first kappa shape index (κ1) is 15.5. The number of anilines is 1. The Morgan fingerprint density at radius 1 is 1.43 bits per heavy atom. The number of nitrogens with zero attached hydrogens (tertiary/aromatic N) is 2. The van der Waals surface area contributed by atoms with Gasteiger partial charge in [-0.05, 0) is 19.0 Å². The molecule has 1 aromatic heterocycles. The van der Waals surface area contributed by atoms with E-state index in [4.69, 9.17) is 0 Å². The summed E-state index contributed by atoms with van der Waals surface area (Å²) in [6, 6.07) is 0.806. The molecule has 1 aliphatic heterocycles. The number of aromatic nitrogens is 2. The zero-order chi connectivity index (χ0) is 15.3. The molecule has 1 aromatic rings. The maximum absolute atomic E-state index is 12.5. The lowest BCUT2D eigenvalue weighted by Gasteiger charge is -2.11. The molecule has 2 rings (SSSR count). The van der Waals surface area contributed by atoms with Crippen molar-refractivity contribution in [2.45, 2.75) is 12.6 Å². The van der Waals surface area contributed by atoms with E-state index >= 15 is 0 Å². The van der Waals surface area contributed by atoms with Crippen molar-refractivity contribution < 1.29 is 18.0 Å². The van der Waals surface area contributed by atoms with Crippen molar-refractivity contribution in [3.05, 3.63) is 18.0 Å². The summed E-state index contributed by atoms with van der Waals surface area (Å²) < 4.78 is 37.4. The van der Waals surface area contributed by atoms with Gasteiger partial charge in [0, 0.05) is 25.8 Å². The van der Waals surface area contributed by atoms with Crippen LogP contribution in [0.5, 0.6) is 0 Å². The molecule has 0 spiro atoms. The highest BCUT2D eigenvalue weighted by molar-refractivity contribution is 5.79. The zero-order valence-electron chi connectivity index (χ0n) is 11.2. The van der Waals surface area contributed by atoms with Crippen LogP contribution >= 0.6 is 0 Å². The third-order valence-corrected chi connectivity index (χ3v) is 3.08. The molecular weight excluding hydrogens is 287 g/mol. The monoisotopic (exact) mass is 303 g/mol. The zero-order valence-corrected chi connectivity index (χ0v) is 11.2. The summed E-state index contributed by atoms with van der Waals surface area (Å²) in [5.41, 5.74) is -0.999. The molecule has 0 aliphatic carbocycles. The molecule has 0 bridgehead atoms. The molecule has 1 amide bonds. The van der Waals surface area contributed by atoms with E-state index in [9.17, 15) is 18.0 Å². The van der Waals surface area contributed by atoms with Crippen molar-refractivity contribution in [2.75, 3.05) is 31.5 Å². The van der Waals surface area contributed by atoms with Gasteiger partial charge in [0.15, 0.2) is 0 Å². The van der Waals surface area contributed by atoms with Crippen molar-refractivity contribution in [2.24, 2.45) is 5.92 Å². The number of halogens is 3. The van der Waals surface area contributed by atoms with Crippen LogP contribution in [0.15, 0.2) is 12.3 Å². The van der Waals surface area contributed by atoms with Crippen LogP contribution in [-0.4, -0.2) is 42.1 Å². The molecule has 0 aromatic carbocycles. The summed E-state index contributed by atoms with van der Waals surface area (Å²) >= 11 is 0. The molecule has 1 saturated heterocycles. The van der Waals surface area contributed by atoms with E-state index in [2.05, 4.69) is 25.9 Å². The molecule has 1 fully saturated rings. The Kier molecular flexibility index (Phi) is 4.94. The van der Waals surface area contributed by atoms with Crippen LogP contribution in [0.1, 0.15) is 12.1 Å². The van der Waals surface area contributed by atoms with Gasteiger partial charge >= 0.3 is 6.18 Å². The van der Waals surface area contributed by atoms with E-state index in [0.717, 1.165) is 25.2 Å². The summed E-state index contributed by atoms with van der Waals surface area (Å²) in [4.78, 5) is 18.8. The fraction of sp³-hybridized carbons (Fsp3) is 0.583. The number of rotatable bonds is 5. The number of hydrogen-bond acceptors (Lipinski definition) is 5.